The molecule has 1 fully saturated rings. The lowest BCUT2D eigenvalue weighted by atomic mass is 9.95. The lowest BCUT2D eigenvalue weighted by Crippen LogP contribution is -2.29. The number of Topliss-reactive ketones (excluding diaryl/α,β-unsaturated/α-hetero) is 1. The third kappa shape index (κ3) is 5.95. The Bertz CT molecular complexity index is 1410. The summed E-state index contributed by atoms with van der Waals surface area (Å²) in [6.45, 7) is 8.06. The Hall–Kier alpha value is -4.59. The summed E-state index contributed by atoms with van der Waals surface area (Å²) in [4.78, 5) is 40.6. The largest absolute Gasteiger partial charge is 0.508 e. The van der Waals surface area contributed by atoms with E-state index in [2.05, 4.69) is 0 Å². The van der Waals surface area contributed by atoms with Crippen LogP contribution in [-0.2, 0) is 14.3 Å². The zero-order valence-corrected chi connectivity index (χ0v) is 22.3. The second-order valence-corrected chi connectivity index (χ2v) is 9.99. The van der Waals surface area contributed by atoms with Gasteiger partial charge in [0.05, 0.1) is 29.9 Å². The minimum atomic E-state index is -1.01. The number of hydrogen-bond donors (Lipinski definition) is 2. The maximum absolute atomic E-state index is 13.4. The first-order valence-corrected chi connectivity index (χ1v) is 12.7. The summed E-state index contributed by atoms with van der Waals surface area (Å²) >= 11 is 0. The molecule has 3 aromatic rings. The molecule has 0 bridgehead atoms. The van der Waals surface area contributed by atoms with Gasteiger partial charge >= 0.3 is 5.97 Å². The van der Waals surface area contributed by atoms with E-state index in [1.165, 1.54) is 23.1 Å². The van der Waals surface area contributed by atoms with Gasteiger partial charge in [0, 0.05) is 11.3 Å². The first-order valence-electron chi connectivity index (χ1n) is 12.7. The highest BCUT2D eigenvalue weighted by Crippen LogP contribution is 2.42. The summed E-state index contributed by atoms with van der Waals surface area (Å²) in [6, 6.07) is 17.9. The van der Waals surface area contributed by atoms with E-state index >= 15 is 0 Å². The van der Waals surface area contributed by atoms with Crippen molar-refractivity contribution in [3.63, 3.8) is 0 Å². The van der Waals surface area contributed by atoms with Crippen LogP contribution in [0.4, 0.5) is 5.69 Å². The number of carbonyl (C=O) groups is 3. The van der Waals surface area contributed by atoms with Crippen molar-refractivity contribution in [1.82, 2.24) is 0 Å². The van der Waals surface area contributed by atoms with Crippen molar-refractivity contribution in [3.8, 4) is 11.5 Å². The lowest BCUT2D eigenvalue weighted by Gasteiger charge is -2.26. The first kappa shape index (κ1) is 27.4. The number of ether oxygens (including phenoxy) is 2. The maximum atomic E-state index is 13.4. The number of rotatable bonds is 8. The Balaban J connectivity index is 1.81. The lowest BCUT2D eigenvalue weighted by molar-refractivity contribution is -0.132. The van der Waals surface area contributed by atoms with Gasteiger partial charge in [-0.05, 0) is 79.9 Å². The molecule has 8 heteroatoms. The SMILES string of the molecule is CC(C)COc1ccc(/C(O)=C2\C(=O)C(=O)N(c3cccc(C(=O)OC(C)C)c3)C2c2ccc(O)cc2)cc1. The summed E-state index contributed by atoms with van der Waals surface area (Å²) in [5.74, 6) is -1.69. The number of phenols is 1. The molecule has 1 atom stereocenters. The molecule has 1 amide bonds. The molecule has 1 unspecified atom stereocenters. The van der Waals surface area contributed by atoms with E-state index in [-0.39, 0.29) is 34.4 Å². The van der Waals surface area contributed by atoms with Crippen molar-refractivity contribution < 1.29 is 34.1 Å². The van der Waals surface area contributed by atoms with Crippen molar-refractivity contribution in [2.24, 2.45) is 5.92 Å². The van der Waals surface area contributed by atoms with Crippen LogP contribution < -0.4 is 9.64 Å². The molecule has 1 aliphatic heterocycles. The Kier molecular flexibility index (Phi) is 8.04. The van der Waals surface area contributed by atoms with E-state index in [1.807, 2.05) is 13.8 Å². The van der Waals surface area contributed by atoms with E-state index in [4.69, 9.17) is 9.47 Å². The van der Waals surface area contributed by atoms with Gasteiger partial charge in [0.2, 0.25) is 0 Å². The van der Waals surface area contributed by atoms with Crippen LogP contribution in [0.2, 0.25) is 0 Å². The summed E-state index contributed by atoms with van der Waals surface area (Å²) in [7, 11) is 0. The second kappa shape index (κ2) is 11.4. The molecule has 0 saturated carbocycles. The number of nitrogens with zero attached hydrogens (tertiary/aromatic N) is 1. The molecule has 0 aromatic heterocycles. The van der Waals surface area contributed by atoms with Crippen LogP contribution in [0.15, 0.2) is 78.4 Å². The van der Waals surface area contributed by atoms with Crippen LogP contribution in [-0.4, -0.2) is 40.6 Å². The number of amides is 1. The third-order valence-electron chi connectivity index (χ3n) is 6.07. The topological polar surface area (TPSA) is 113 Å². The number of carbonyl (C=O) groups excluding carboxylic acids is 3. The molecule has 4 rings (SSSR count). The number of ketones is 1. The van der Waals surface area contributed by atoms with E-state index in [0.29, 0.717) is 29.4 Å². The summed E-state index contributed by atoms with van der Waals surface area (Å²) in [6.07, 6.45) is -0.338. The third-order valence-corrected chi connectivity index (χ3v) is 6.07. The average Bonchev–Trinajstić information content (AvgIpc) is 3.17. The Morgan fingerprint density at radius 3 is 2.21 bits per heavy atom. The highest BCUT2D eigenvalue weighted by molar-refractivity contribution is 6.51. The molecule has 39 heavy (non-hydrogen) atoms. The van der Waals surface area contributed by atoms with Gasteiger partial charge in [0.1, 0.15) is 17.3 Å². The Labute approximate surface area is 227 Å². The van der Waals surface area contributed by atoms with Crippen LogP contribution in [0.1, 0.15) is 55.2 Å². The van der Waals surface area contributed by atoms with Crippen molar-refractivity contribution in [2.75, 3.05) is 11.5 Å². The van der Waals surface area contributed by atoms with Gasteiger partial charge in [-0.15, -0.1) is 0 Å². The van der Waals surface area contributed by atoms with Crippen molar-refractivity contribution >= 4 is 29.1 Å². The van der Waals surface area contributed by atoms with E-state index < -0.39 is 23.7 Å². The van der Waals surface area contributed by atoms with Gasteiger partial charge in [-0.1, -0.05) is 32.0 Å². The molecule has 202 valence electrons. The van der Waals surface area contributed by atoms with Crippen molar-refractivity contribution in [1.29, 1.82) is 0 Å². The van der Waals surface area contributed by atoms with Gasteiger partial charge < -0.3 is 19.7 Å². The maximum Gasteiger partial charge on any atom is 0.338 e. The number of benzene rings is 3. The summed E-state index contributed by atoms with van der Waals surface area (Å²) in [5.41, 5.74) is 1.20. The molecule has 3 aromatic carbocycles. The molecule has 8 nitrogen and oxygen atoms in total. The highest BCUT2D eigenvalue weighted by atomic mass is 16.5. The number of aliphatic hydroxyl groups is 1. The van der Waals surface area contributed by atoms with E-state index in [9.17, 15) is 24.6 Å². The van der Waals surface area contributed by atoms with Crippen LogP contribution in [0.3, 0.4) is 0 Å². The number of esters is 1. The van der Waals surface area contributed by atoms with Crippen molar-refractivity contribution in [2.45, 2.75) is 39.8 Å². The van der Waals surface area contributed by atoms with Gasteiger partial charge in [-0.3, -0.25) is 14.5 Å². The smallest absolute Gasteiger partial charge is 0.338 e. The standard InChI is InChI=1S/C31H31NO7/c1-18(2)17-38-25-14-10-21(11-15-25)28(34)26-27(20-8-12-24(33)13-9-20)32(30(36)29(26)35)23-7-5-6-22(16-23)31(37)39-19(3)4/h5-16,18-19,27,33-34H,17H2,1-4H3/b28-26+. The van der Waals surface area contributed by atoms with Crippen LogP contribution >= 0.6 is 0 Å². The quantitative estimate of drug-likeness (QED) is 0.169. The molecular weight excluding hydrogens is 498 g/mol. The minimum absolute atomic E-state index is 0.00566. The molecule has 2 N–H and O–H groups in total. The number of phenolic OH excluding ortho intramolecular Hbond substituents is 1. The van der Waals surface area contributed by atoms with Gasteiger partial charge in [-0.2, -0.15) is 0 Å². The predicted molar refractivity (Wildman–Crippen MR) is 147 cm³/mol. The molecule has 0 radical (unpaired) electrons. The monoisotopic (exact) mass is 529 g/mol. The normalized spacial score (nSPS) is 16.7. The molecule has 0 spiro atoms. The summed E-state index contributed by atoms with van der Waals surface area (Å²) in [5, 5.41) is 21.2. The number of aromatic hydroxyl groups is 1. The zero-order valence-electron chi connectivity index (χ0n) is 22.3. The fourth-order valence-corrected chi connectivity index (χ4v) is 4.26. The molecule has 1 saturated heterocycles. The first-order chi connectivity index (χ1) is 18.6. The van der Waals surface area contributed by atoms with Gasteiger partial charge in [0.15, 0.2) is 0 Å². The van der Waals surface area contributed by atoms with Crippen LogP contribution in [0, 0.1) is 5.92 Å². The molecule has 1 heterocycles. The number of anilines is 1. The van der Waals surface area contributed by atoms with Gasteiger partial charge in [0.25, 0.3) is 11.7 Å². The second-order valence-electron chi connectivity index (χ2n) is 9.99. The van der Waals surface area contributed by atoms with Crippen LogP contribution in [0.5, 0.6) is 11.5 Å². The van der Waals surface area contributed by atoms with Gasteiger partial charge in [-0.25, -0.2) is 4.79 Å². The Morgan fingerprint density at radius 1 is 0.923 bits per heavy atom. The minimum Gasteiger partial charge on any atom is -0.508 e. The average molecular weight is 530 g/mol. The molecule has 0 aliphatic carbocycles. The summed E-state index contributed by atoms with van der Waals surface area (Å²) < 4.78 is 11.0. The number of hydrogen-bond acceptors (Lipinski definition) is 7. The fourth-order valence-electron chi connectivity index (χ4n) is 4.26. The fraction of sp³-hybridized carbons (Fsp3) is 0.258. The Morgan fingerprint density at radius 2 is 1.59 bits per heavy atom. The van der Waals surface area contributed by atoms with Crippen molar-refractivity contribution in [3.05, 3.63) is 95.1 Å². The van der Waals surface area contributed by atoms with Crippen LogP contribution in [0.25, 0.3) is 5.76 Å². The predicted octanol–water partition coefficient (Wildman–Crippen LogP) is 5.62. The van der Waals surface area contributed by atoms with E-state index in [0.717, 1.165) is 0 Å². The zero-order chi connectivity index (χ0) is 28.3. The number of aliphatic hydroxyl groups excluding tert-OH is 1. The highest BCUT2D eigenvalue weighted by Gasteiger charge is 2.47. The van der Waals surface area contributed by atoms with E-state index in [1.54, 1.807) is 68.4 Å². The molecule has 1 aliphatic rings. The molecular formula is C31H31NO7.